The van der Waals surface area contributed by atoms with Crippen LogP contribution in [0.5, 0.6) is 0 Å². The van der Waals surface area contributed by atoms with Gasteiger partial charge in [-0.3, -0.25) is 14.7 Å². The molecule has 1 aromatic carbocycles. The molecule has 33 heavy (non-hydrogen) atoms. The van der Waals surface area contributed by atoms with Gasteiger partial charge in [0, 0.05) is 31.9 Å². The molecule has 1 aliphatic rings. The van der Waals surface area contributed by atoms with Gasteiger partial charge >= 0.3 is 5.97 Å². The number of esters is 1. The number of hydrogen-bond donors (Lipinski definition) is 2. The highest BCUT2D eigenvalue weighted by molar-refractivity contribution is 6.19. The van der Waals surface area contributed by atoms with Gasteiger partial charge in [-0.25, -0.2) is 13.6 Å². The lowest BCUT2D eigenvalue weighted by Crippen LogP contribution is -2.45. The van der Waals surface area contributed by atoms with Gasteiger partial charge in [0.25, 0.3) is 0 Å². The van der Waals surface area contributed by atoms with Crippen molar-refractivity contribution in [2.75, 3.05) is 32.8 Å². The fourth-order valence-electron chi connectivity index (χ4n) is 3.66. The number of ketones is 1. The molecule has 2 rings (SSSR count). The Morgan fingerprint density at radius 3 is 2.36 bits per heavy atom. The average Bonchev–Trinajstić information content (AvgIpc) is 2.74. The molecule has 4 N–H and O–H groups in total. The van der Waals surface area contributed by atoms with E-state index in [-0.39, 0.29) is 29.3 Å². The van der Waals surface area contributed by atoms with Gasteiger partial charge in [-0.1, -0.05) is 13.0 Å². The topological polar surface area (TPSA) is 120 Å². The molecule has 1 saturated heterocycles. The van der Waals surface area contributed by atoms with Crippen molar-refractivity contribution in [3.63, 3.8) is 0 Å². The summed E-state index contributed by atoms with van der Waals surface area (Å²) in [7, 11) is 0. The normalized spacial score (nSPS) is 20.3. The lowest BCUT2D eigenvalue weighted by Gasteiger charge is -2.35. The van der Waals surface area contributed by atoms with Crippen molar-refractivity contribution in [1.82, 2.24) is 4.90 Å². The lowest BCUT2D eigenvalue weighted by molar-refractivity contribution is -0.137. The maximum absolute atomic E-state index is 13.8. The van der Waals surface area contributed by atoms with E-state index in [0.29, 0.717) is 19.4 Å². The summed E-state index contributed by atoms with van der Waals surface area (Å²) in [5.74, 6) is -4.17. The van der Waals surface area contributed by atoms with Gasteiger partial charge < -0.3 is 20.9 Å². The Labute approximate surface area is 192 Å². The van der Waals surface area contributed by atoms with Crippen LogP contribution >= 0.6 is 0 Å². The van der Waals surface area contributed by atoms with Gasteiger partial charge in [0.05, 0.1) is 17.8 Å². The molecular formula is C23H32F2N4O4. The number of carbonyl (C=O) groups excluding carboxylic acids is 2. The molecule has 0 saturated carbocycles. The number of Topliss-reactive ketones (excluding diaryl/α,β-unsaturated/α-hetero) is 1. The highest BCUT2D eigenvalue weighted by Gasteiger charge is 2.24. The SMILES string of the molecule is CCC(N)=C(C(=O)OCC(=O)c1c(F)cccc1F)C(N)=NCCCN1C[C@@H](C)O[C@@H](C)C1. The van der Waals surface area contributed by atoms with Crippen molar-refractivity contribution in [2.45, 2.75) is 45.8 Å². The van der Waals surface area contributed by atoms with Crippen LogP contribution in [0.2, 0.25) is 0 Å². The number of halogens is 2. The van der Waals surface area contributed by atoms with Crippen LogP contribution in [0.3, 0.4) is 0 Å². The van der Waals surface area contributed by atoms with Crippen molar-refractivity contribution in [3.8, 4) is 0 Å². The van der Waals surface area contributed by atoms with E-state index in [0.717, 1.165) is 37.8 Å². The van der Waals surface area contributed by atoms with Gasteiger partial charge in [-0.15, -0.1) is 0 Å². The van der Waals surface area contributed by atoms with Crippen LogP contribution in [0.1, 0.15) is 44.0 Å². The highest BCUT2D eigenvalue weighted by Crippen LogP contribution is 2.14. The van der Waals surface area contributed by atoms with E-state index in [1.165, 1.54) is 0 Å². The molecule has 0 aromatic heterocycles. The Balaban J connectivity index is 1.97. The number of carbonyl (C=O) groups is 2. The first-order valence-corrected chi connectivity index (χ1v) is 10.9. The van der Waals surface area contributed by atoms with E-state index in [9.17, 15) is 18.4 Å². The Kier molecular flexibility index (Phi) is 9.93. The zero-order valence-corrected chi connectivity index (χ0v) is 19.3. The molecule has 10 heteroatoms. The van der Waals surface area contributed by atoms with E-state index in [1.54, 1.807) is 6.92 Å². The largest absolute Gasteiger partial charge is 0.454 e. The summed E-state index contributed by atoms with van der Waals surface area (Å²) >= 11 is 0. The minimum Gasteiger partial charge on any atom is -0.454 e. The summed E-state index contributed by atoms with van der Waals surface area (Å²) in [6.07, 6.45) is 1.33. The first-order valence-electron chi connectivity index (χ1n) is 10.9. The molecule has 0 bridgehead atoms. The van der Waals surface area contributed by atoms with Crippen LogP contribution in [-0.2, 0) is 14.3 Å². The molecule has 1 aromatic rings. The molecule has 1 fully saturated rings. The number of aliphatic imine (C=N–C) groups is 1. The summed E-state index contributed by atoms with van der Waals surface area (Å²) in [6.45, 7) is 7.74. The summed E-state index contributed by atoms with van der Waals surface area (Å²) in [5, 5.41) is 0. The van der Waals surface area contributed by atoms with E-state index in [4.69, 9.17) is 20.9 Å². The molecule has 1 aliphatic heterocycles. The van der Waals surface area contributed by atoms with Crippen LogP contribution in [0.15, 0.2) is 34.5 Å². The fraction of sp³-hybridized carbons (Fsp3) is 0.522. The zero-order chi connectivity index (χ0) is 24.5. The predicted molar refractivity (Wildman–Crippen MR) is 121 cm³/mol. The van der Waals surface area contributed by atoms with Crippen molar-refractivity contribution in [2.24, 2.45) is 16.5 Å². The Morgan fingerprint density at radius 2 is 1.79 bits per heavy atom. The first kappa shape index (κ1) is 26.4. The molecule has 0 radical (unpaired) electrons. The van der Waals surface area contributed by atoms with Crippen LogP contribution in [0.25, 0.3) is 0 Å². The minimum absolute atomic E-state index is 0.104. The van der Waals surface area contributed by atoms with Gasteiger partial charge in [-0.05, 0) is 38.8 Å². The fourth-order valence-corrected chi connectivity index (χ4v) is 3.66. The number of morpholine rings is 1. The van der Waals surface area contributed by atoms with Crippen molar-refractivity contribution >= 4 is 17.6 Å². The van der Waals surface area contributed by atoms with Crippen molar-refractivity contribution < 1.29 is 27.8 Å². The number of nitrogens with two attached hydrogens (primary N) is 2. The summed E-state index contributed by atoms with van der Waals surface area (Å²) in [5.41, 5.74) is 11.1. The van der Waals surface area contributed by atoms with Gasteiger partial charge in [0.1, 0.15) is 23.0 Å². The van der Waals surface area contributed by atoms with Crippen molar-refractivity contribution in [1.29, 1.82) is 0 Å². The van der Waals surface area contributed by atoms with E-state index >= 15 is 0 Å². The Hall–Kier alpha value is -2.85. The van der Waals surface area contributed by atoms with Gasteiger partial charge in [0.2, 0.25) is 5.78 Å². The maximum Gasteiger partial charge on any atom is 0.344 e. The number of hydrogen-bond acceptors (Lipinski definition) is 7. The second-order valence-corrected chi connectivity index (χ2v) is 7.99. The first-order chi connectivity index (χ1) is 15.6. The smallest absolute Gasteiger partial charge is 0.344 e. The van der Waals surface area contributed by atoms with Gasteiger partial charge in [-0.2, -0.15) is 0 Å². The van der Waals surface area contributed by atoms with E-state index in [1.807, 2.05) is 13.8 Å². The summed E-state index contributed by atoms with van der Waals surface area (Å²) < 4.78 is 38.2. The summed E-state index contributed by atoms with van der Waals surface area (Å²) in [4.78, 5) is 31.2. The van der Waals surface area contributed by atoms with Crippen molar-refractivity contribution in [3.05, 3.63) is 46.7 Å². The molecule has 0 aliphatic carbocycles. The second-order valence-electron chi connectivity index (χ2n) is 7.99. The number of rotatable bonds is 10. The molecule has 2 atom stereocenters. The zero-order valence-electron chi connectivity index (χ0n) is 19.3. The number of ether oxygens (including phenoxy) is 2. The third kappa shape index (κ3) is 7.61. The molecular weight excluding hydrogens is 434 g/mol. The number of benzene rings is 1. The van der Waals surface area contributed by atoms with Crippen LogP contribution < -0.4 is 11.5 Å². The third-order valence-electron chi connectivity index (χ3n) is 5.15. The Morgan fingerprint density at radius 1 is 1.18 bits per heavy atom. The molecule has 8 nitrogen and oxygen atoms in total. The maximum atomic E-state index is 13.8. The molecule has 0 amide bonds. The van der Waals surface area contributed by atoms with Crippen LogP contribution in [0, 0.1) is 11.6 Å². The highest BCUT2D eigenvalue weighted by atomic mass is 19.1. The average molecular weight is 467 g/mol. The predicted octanol–water partition coefficient (Wildman–Crippen LogP) is 2.17. The quantitative estimate of drug-likeness (QED) is 0.135. The molecule has 182 valence electrons. The molecule has 0 spiro atoms. The summed E-state index contributed by atoms with van der Waals surface area (Å²) in [6, 6.07) is 3.02. The van der Waals surface area contributed by atoms with Gasteiger partial charge in [0.15, 0.2) is 6.61 Å². The van der Waals surface area contributed by atoms with E-state index in [2.05, 4.69) is 9.89 Å². The minimum atomic E-state index is -1.04. The Bertz CT molecular complexity index is 889. The van der Waals surface area contributed by atoms with Crippen LogP contribution in [-0.4, -0.2) is 67.5 Å². The number of allylic oxidation sites excluding steroid dienone is 1. The number of amidine groups is 1. The van der Waals surface area contributed by atoms with Crippen LogP contribution in [0.4, 0.5) is 8.78 Å². The number of nitrogens with zero attached hydrogens (tertiary/aromatic N) is 2. The van der Waals surface area contributed by atoms with E-state index < -0.39 is 35.6 Å². The second kappa shape index (κ2) is 12.4. The monoisotopic (exact) mass is 466 g/mol. The molecule has 0 unspecified atom stereocenters. The molecule has 1 heterocycles. The lowest BCUT2D eigenvalue weighted by atomic mass is 10.1. The third-order valence-corrected chi connectivity index (χ3v) is 5.15. The standard InChI is InChI=1S/C23H32F2N4O4/c1-4-18(26)21(22(27)28-9-6-10-29-11-14(2)33-15(3)12-29)23(31)32-13-19(30)20-16(24)7-5-8-17(20)25/h5,7-8,14-15H,4,6,9-13,26H2,1-3H3,(H2,27,28)/t14-,15+.